The van der Waals surface area contributed by atoms with E-state index in [0.717, 1.165) is 6.20 Å². The predicted molar refractivity (Wildman–Crippen MR) is 58.5 cm³/mol. The Bertz CT molecular complexity index is 611. The number of hydrogen-bond acceptors (Lipinski definition) is 2. The minimum Gasteiger partial charge on any atom is -0.214 e. The van der Waals surface area contributed by atoms with Gasteiger partial charge in [-0.15, -0.1) is 5.10 Å². The standard InChI is InChI=1S/C10H5BrF5N3/c1-3(11)4-2-19(18-17-4)10-8(15)6(13)5(12)7(14)9(10)16/h2-3H,1H3. The maximum atomic E-state index is 13.5. The van der Waals surface area contributed by atoms with Gasteiger partial charge in [-0.05, 0) is 6.92 Å². The largest absolute Gasteiger partial charge is 0.214 e. The molecule has 0 saturated heterocycles. The summed E-state index contributed by atoms with van der Waals surface area (Å²) in [6.45, 7) is 1.66. The lowest BCUT2D eigenvalue weighted by atomic mass is 10.2. The summed E-state index contributed by atoms with van der Waals surface area (Å²) in [5, 5.41) is 6.89. The monoisotopic (exact) mass is 341 g/mol. The van der Waals surface area contributed by atoms with E-state index in [-0.39, 0.29) is 10.5 Å². The molecule has 0 aliphatic carbocycles. The topological polar surface area (TPSA) is 30.7 Å². The number of aromatic nitrogens is 3. The van der Waals surface area contributed by atoms with Crippen molar-refractivity contribution < 1.29 is 22.0 Å². The molecule has 0 N–H and O–H groups in total. The first-order valence-corrected chi connectivity index (χ1v) is 5.84. The Morgan fingerprint density at radius 3 is 1.89 bits per heavy atom. The molecule has 2 aromatic rings. The SMILES string of the molecule is CC(Br)c1cn(-c2c(F)c(F)c(F)c(F)c2F)nn1. The van der Waals surface area contributed by atoms with E-state index in [1.54, 1.807) is 6.92 Å². The lowest BCUT2D eigenvalue weighted by Crippen LogP contribution is -2.10. The molecule has 1 heterocycles. The molecule has 2 rings (SSSR count). The quantitative estimate of drug-likeness (QED) is 0.362. The molecule has 102 valence electrons. The van der Waals surface area contributed by atoms with Crippen molar-refractivity contribution in [3.05, 3.63) is 41.0 Å². The molecule has 0 bridgehead atoms. The first-order chi connectivity index (χ1) is 8.84. The average Bonchev–Trinajstić information content (AvgIpc) is 2.84. The van der Waals surface area contributed by atoms with Gasteiger partial charge in [-0.25, -0.2) is 26.6 Å². The van der Waals surface area contributed by atoms with E-state index in [2.05, 4.69) is 26.2 Å². The molecule has 0 amide bonds. The number of halogens is 6. The van der Waals surface area contributed by atoms with Gasteiger partial charge in [-0.1, -0.05) is 21.1 Å². The molecule has 1 atom stereocenters. The third-order valence-corrected chi connectivity index (χ3v) is 2.80. The van der Waals surface area contributed by atoms with Crippen molar-refractivity contribution in [2.75, 3.05) is 0 Å². The molecular formula is C10H5BrF5N3. The van der Waals surface area contributed by atoms with E-state index in [0.29, 0.717) is 4.68 Å². The summed E-state index contributed by atoms with van der Waals surface area (Å²) in [5.41, 5.74) is -0.882. The molecule has 0 spiro atoms. The fraction of sp³-hybridized carbons (Fsp3) is 0.200. The van der Waals surface area contributed by atoms with Crippen molar-refractivity contribution >= 4 is 15.9 Å². The van der Waals surface area contributed by atoms with Gasteiger partial charge >= 0.3 is 0 Å². The lowest BCUT2D eigenvalue weighted by Gasteiger charge is -2.07. The van der Waals surface area contributed by atoms with E-state index < -0.39 is 34.8 Å². The zero-order chi connectivity index (χ0) is 14.3. The van der Waals surface area contributed by atoms with Gasteiger partial charge < -0.3 is 0 Å². The molecule has 9 heteroatoms. The first-order valence-electron chi connectivity index (χ1n) is 4.92. The smallest absolute Gasteiger partial charge is 0.200 e. The Morgan fingerprint density at radius 1 is 1.00 bits per heavy atom. The van der Waals surface area contributed by atoms with Crippen LogP contribution in [-0.4, -0.2) is 15.0 Å². The molecule has 0 aliphatic rings. The highest BCUT2D eigenvalue weighted by atomic mass is 79.9. The zero-order valence-corrected chi connectivity index (χ0v) is 10.9. The molecule has 0 saturated carbocycles. The number of benzene rings is 1. The molecule has 0 fully saturated rings. The van der Waals surface area contributed by atoms with Crippen LogP contribution in [0.3, 0.4) is 0 Å². The molecule has 19 heavy (non-hydrogen) atoms. The highest BCUT2D eigenvalue weighted by Crippen LogP contribution is 2.27. The lowest BCUT2D eigenvalue weighted by molar-refractivity contribution is 0.373. The van der Waals surface area contributed by atoms with Gasteiger partial charge in [0.1, 0.15) is 5.69 Å². The summed E-state index contributed by atoms with van der Waals surface area (Å²) >= 11 is 3.13. The van der Waals surface area contributed by atoms with E-state index in [1.165, 1.54) is 0 Å². The van der Waals surface area contributed by atoms with Crippen molar-refractivity contribution in [3.63, 3.8) is 0 Å². The number of alkyl halides is 1. The van der Waals surface area contributed by atoms with Crippen LogP contribution < -0.4 is 0 Å². The first kappa shape index (κ1) is 13.9. The maximum Gasteiger partial charge on any atom is 0.200 e. The summed E-state index contributed by atoms with van der Waals surface area (Å²) in [7, 11) is 0. The highest BCUT2D eigenvalue weighted by molar-refractivity contribution is 9.09. The van der Waals surface area contributed by atoms with Gasteiger partial charge in [0.25, 0.3) is 0 Å². The Balaban J connectivity index is 2.68. The number of hydrogen-bond donors (Lipinski definition) is 0. The third kappa shape index (κ3) is 2.22. The summed E-state index contributed by atoms with van der Waals surface area (Å²) in [4.78, 5) is -0.289. The van der Waals surface area contributed by atoms with Crippen LogP contribution in [-0.2, 0) is 0 Å². The maximum absolute atomic E-state index is 13.5. The fourth-order valence-corrected chi connectivity index (χ4v) is 1.57. The fourth-order valence-electron chi connectivity index (χ4n) is 1.36. The third-order valence-electron chi connectivity index (χ3n) is 2.33. The second-order valence-corrected chi connectivity index (χ2v) is 5.00. The Labute approximate surface area is 112 Å². The van der Waals surface area contributed by atoms with Crippen molar-refractivity contribution in [2.45, 2.75) is 11.8 Å². The normalized spacial score (nSPS) is 12.8. The van der Waals surface area contributed by atoms with Gasteiger partial charge in [-0.3, -0.25) is 0 Å². The van der Waals surface area contributed by atoms with E-state index in [9.17, 15) is 22.0 Å². The van der Waals surface area contributed by atoms with E-state index >= 15 is 0 Å². The summed E-state index contributed by atoms with van der Waals surface area (Å²) < 4.78 is 66.4. The zero-order valence-electron chi connectivity index (χ0n) is 9.26. The minimum absolute atomic E-state index is 0.281. The number of nitrogens with zero attached hydrogens (tertiary/aromatic N) is 3. The van der Waals surface area contributed by atoms with Gasteiger partial charge in [0.15, 0.2) is 23.3 Å². The van der Waals surface area contributed by atoms with Gasteiger partial charge in [0.05, 0.1) is 16.7 Å². The summed E-state index contributed by atoms with van der Waals surface area (Å²) in [5.74, 6) is -10.2. The molecule has 0 radical (unpaired) electrons. The van der Waals surface area contributed by atoms with Crippen LogP contribution in [0.4, 0.5) is 22.0 Å². The van der Waals surface area contributed by atoms with Gasteiger partial charge in [-0.2, -0.15) is 0 Å². The summed E-state index contributed by atoms with van der Waals surface area (Å²) in [6.07, 6.45) is 1.07. The van der Waals surface area contributed by atoms with E-state index in [4.69, 9.17) is 0 Å². The molecule has 0 aliphatic heterocycles. The van der Waals surface area contributed by atoms with Gasteiger partial charge in [0.2, 0.25) is 5.82 Å². The second-order valence-electron chi connectivity index (χ2n) is 3.62. The Morgan fingerprint density at radius 2 is 1.47 bits per heavy atom. The van der Waals surface area contributed by atoms with Crippen LogP contribution in [0.25, 0.3) is 5.69 Å². The van der Waals surface area contributed by atoms with Crippen molar-refractivity contribution in [3.8, 4) is 5.69 Å². The van der Waals surface area contributed by atoms with Crippen LogP contribution in [0.15, 0.2) is 6.20 Å². The number of rotatable bonds is 2. The predicted octanol–water partition coefficient (Wildman–Crippen LogP) is 3.42. The van der Waals surface area contributed by atoms with Crippen LogP contribution in [0.5, 0.6) is 0 Å². The highest BCUT2D eigenvalue weighted by Gasteiger charge is 2.27. The second kappa shape index (κ2) is 4.87. The van der Waals surface area contributed by atoms with Crippen molar-refractivity contribution in [1.29, 1.82) is 0 Å². The van der Waals surface area contributed by atoms with Crippen molar-refractivity contribution in [1.82, 2.24) is 15.0 Å². The molecule has 3 nitrogen and oxygen atoms in total. The average molecular weight is 342 g/mol. The Kier molecular flexibility index (Phi) is 3.57. The molecule has 1 unspecified atom stereocenters. The molecule has 1 aromatic carbocycles. The molecule has 1 aromatic heterocycles. The minimum atomic E-state index is -2.21. The van der Waals surface area contributed by atoms with Crippen LogP contribution >= 0.6 is 15.9 Å². The van der Waals surface area contributed by atoms with Crippen LogP contribution in [0.2, 0.25) is 0 Å². The molecular weight excluding hydrogens is 337 g/mol. The Hall–Kier alpha value is -1.51. The van der Waals surface area contributed by atoms with Crippen molar-refractivity contribution in [2.24, 2.45) is 0 Å². The van der Waals surface area contributed by atoms with E-state index in [1.807, 2.05) is 0 Å². The van der Waals surface area contributed by atoms with Crippen LogP contribution in [0, 0.1) is 29.1 Å². The van der Waals surface area contributed by atoms with Crippen LogP contribution in [0.1, 0.15) is 17.4 Å². The summed E-state index contributed by atoms with van der Waals surface area (Å²) in [6, 6.07) is 0. The van der Waals surface area contributed by atoms with Gasteiger partial charge in [0, 0.05) is 0 Å².